The van der Waals surface area contributed by atoms with Crippen molar-refractivity contribution in [3.63, 3.8) is 0 Å². The van der Waals surface area contributed by atoms with Crippen molar-refractivity contribution < 1.29 is 18.0 Å². The van der Waals surface area contributed by atoms with Gasteiger partial charge in [-0.15, -0.1) is 0 Å². The van der Waals surface area contributed by atoms with Crippen LogP contribution in [0.25, 0.3) is 10.9 Å². The fourth-order valence-electron chi connectivity index (χ4n) is 6.76. The Morgan fingerprint density at radius 3 is 2.65 bits per heavy atom. The Labute approximate surface area is 198 Å². The van der Waals surface area contributed by atoms with Crippen molar-refractivity contribution in [3.8, 4) is 0 Å². The Bertz CT molecular complexity index is 1230. The molecule has 1 aliphatic carbocycles. The van der Waals surface area contributed by atoms with E-state index >= 15 is 0 Å². The highest BCUT2D eigenvalue weighted by atomic mass is 19.4. The van der Waals surface area contributed by atoms with Crippen LogP contribution in [-0.2, 0) is 11.0 Å². The number of aromatic nitrogens is 1. The molecule has 3 unspecified atom stereocenters. The molecule has 1 aliphatic heterocycles. The molecule has 2 aliphatic rings. The van der Waals surface area contributed by atoms with Gasteiger partial charge in [-0.05, 0) is 53.4 Å². The van der Waals surface area contributed by atoms with Crippen LogP contribution in [0.2, 0.25) is 0 Å². The molecular formula is C28H31F3N2O. The minimum atomic E-state index is -4.43. The van der Waals surface area contributed by atoms with Gasteiger partial charge in [0, 0.05) is 42.0 Å². The van der Waals surface area contributed by atoms with Gasteiger partial charge in [0.05, 0.1) is 5.56 Å². The van der Waals surface area contributed by atoms with E-state index in [2.05, 4.69) is 25.8 Å². The standard InChI is InChI=1S/C28H31F3N2O/c1-26(2)13-20-14-27(3,16-26)17-33(20)25(34)12-22(18-7-6-8-19(11-18)28(29,30)31)23-15-32-24-10-5-4-9-21(23)24/h4-11,15,20,22,32H,12-14,16-17H2,1-3H3. The molecule has 2 fully saturated rings. The predicted molar refractivity (Wildman–Crippen MR) is 127 cm³/mol. The summed E-state index contributed by atoms with van der Waals surface area (Å²) in [7, 11) is 0. The van der Waals surface area contributed by atoms with Crippen molar-refractivity contribution >= 4 is 16.8 Å². The molecular weight excluding hydrogens is 437 g/mol. The van der Waals surface area contributed by atoms with Crippen LogP contribution >= 0.6 is 0 Å². The molecule has 1 N–H and O–H groups in total. The second kappa shape index (κ2) is 7.89. The molecule has 5 rings (SSSR count). The highest BCUT2D eigenvalue weighted by Gasteiger charge is 2.51. The number of fused-ring (bicyclic) bond motifs is 3. The topological polar surface area (TPSA) is 36.1 Å². The monoisotopic (exact) mass is 468 g/mol. The summed E-state index contributed by atoms with van der Waals surface area (Å²) in [4.78, 5) is 19.0. The van der Waals surface area contributed by atoms with Crippen molar-refractivity contribution in [3.05, 3.63) is 71.4 Å². The Balaban J connectivity index is 1.52. The van der Waals surface area contributed by atoms with E-state index in [1.165, 1.54) is 12.1 Å². The fraction of sp³-hybridized carbons (Fsp3) is 0.464. The number of carbonyl (C=O) groups is 1. The van der Waals surface area contributed by atoms with Gasteiger partial charge in [0.25, 0.3) is 0 Å². The van der Waals surface area contributed by atoms with E-state index in [4.69, 9.17) is 0 Å². The summed E-state index contributed by atoms with van der Waals surface area (Å²) >= 11 is 0. The number of alkyl halides is 3. The average molecular weight is 469 g/mol. The van der Waals surface area contributed by atoms with Crippen LogP contribution in [0.3, 0.4) is 0 Å². The maximum Gasteiger partial charge on any atom is 0.416 e. The average Bonchev–Trinajstić information content (AvgIpc) is 3.28. The number of para-hydroxylation sites is 1. The number of aromatic amines is 1. The molecule has 1 saturated heterocycles. The fourth-order valence-corrected chi connectivity index (χ4v) is 6.76. The molecule has 1 saturated carbocycles. The molecule has 1 amide bonds. The molecule has 34 heavy (non-hydrogen) atoms. The molecule has 3 aromatic rings. The Kier molecular flexibility index (Phi) is 5.34. The largest absolute Gasteiger partial charge is 0.416 e. The Morgan fingerprint density at radius 1 is 1.12 bits per heavy atom. The van der Waals surface area contributed by atoms with Crippen molar-refractivity contribution in [1.82, 2.24) is 9.88 Å². The zero-order chi connectivity index (χ0) is 24.3. The summed E-state index contributed by atoms with van der Waals surface area (Å²) in [5, 5.41) is 0.936. The van der Waals surface area contributed by atoms with Crippen LogP contribution in [0.4, 0.5) is 13.2 Å². The molecule has 0 spiro atoms. The molecule has 3 atom stereocenters. The van der Waals surface area contributed by atoms with Gasteiger partial charge in [0.1, 0.15) is 0 Å². The quantitative estimate of drug-likeness (QED) is 0.434. The van der Waals surface area contributed by atoms with E-state index in [-0.39, 0.29) is 29.2 Å². The van der Waals surface area contributed by atoms with Crippen molar-refractivity contribution in [1.29, 1.82) is 0 Å². The molecule has 3 nitrogen and oxygen atoms in total. The summed E-state index contributed by atoms with van der Waals surface area (Å²) in [6.45, 7) is 7.52. The number of H-pyrrole nitrogens is 1. The molecule has 180 valence electrons. The van der Waals surface area contributed by atoms with Crippen molar-refractivity contribution in [2.45, 2.75) is 64.6 Å². The van der Waals surface area contributed by atoms with E-state index < -0.39 is 17.7 Å². The third-order valence-corrected chi connectivity index (χ3v) is 7.73. The highest BCUT2D eigenvalue weighted by Crippen LogP contribution is 2.53. The molecule has 0 radical (unpaired) electrons. The lowest BCUT2D eigenvalue weighted by atomic mass is 9.65. The number of likely N-dealkylation sites (tertiary alicyclic amines) is 1. The van der Waals surface area contributed by atoms with Gasteiger partial charge < -0.3 is 9.88 Å². The maximum absolute atomic E-state index is 13.7. The van der Waals surface area contributed by atoms with Crippen LogP contribution in [0.1, 0.15) is 69.1 Å². The second-order valence-corrected chi connectivity index (χ2v) is 11.4. The minimum absolute atomic E-state index is 0.0270. The van der Waals surface area contributed by atoms with Gasteiger partial charge in [-0.3, -0.25) is 4.79 Å². The van der Waals surface area contributed by atoms with E-state index in [9.17, 15) is 18.0 Å². The number of halogens is 3. The molecule has 1 aromatic heterocycles. The van der Waals surface area contributed by atoms with Crippen molar-refractivity contribution in [2.75, 3.05) is 6.54 Å². The minimum Gasteiger partial charge on any atom is -0.361 e. The second-order valence-electron chi connectivity index (χ2n) is 11.4. The van der Waals surface area contributed by atoms with E-state index in [1.807, 2.05) is 35.4 Å². The van der Waals surface area contributed by atoms with Crippen LogP contribution in [0.15, 0.2) is 54.7 Å². The van der Waals surface area contributed by atoms with Gasteiger partial charge in [-0.2, -0.15) is 13.2 Å². The first-order valence-corrected chi connectivity index (χ1v) is 12.0. The first-order chi connectivity index (χ1) is 15.9. The number of amides is 1. The van der Waals surface area contributed by atoms with Gasteiger partial charge in [-0.1, -0.05) is 57.2 Å². The number of nitrogens with one attached hydrogen (secondary N) is 1. The lowest BCUT2D eigenvalue weighted by Crippen LogP contribution is -2.38. The lowest BCUT2D eigenvalue weighted by Gasteiger charge is -2.39. The normalized spacial score (nSPS) is 25.0. The summed E-state index contributed by atoms with van der Waals surface area (Å²) < 4.78 is 40.5. The summed E-state index contributed by atoms with van der Waals surface area (Å²) in [5.41, 5.74) is 1.89. The summed E-state index contributed by atoms with van der Waals surface area (Å²) in [6, 6.07) is 13.4. The van der Waals surface area contributed by atoms with Crippen LogP contribution in [0, 0.1) is 10.8 Å². The van der Waals surface area contributed by atoms with Gasteiger partial charge in [0.2, 0.25) is 5.91 Å². The number of hydrogen-bond donors (Lipinski definition) is 1. The van der Waals surface area contributed by atoms with Gasteiger partial charge in [0.15, 0.2) is 0 Å². The van der Waals surface area contributed by atoms with Crippen LogP contribution in [0.5, 0.6) is 0 Å². The lowest BCUT2D eigenvalue weighted by molar-refractivity contribution is -0.137. The van der Waals surface area contributed by atoms with E-state index in [1.54, 1.807) is 6.07 Å². The summed E-state index contributed by atoms with van der Waals surface area (Å²) in [5.74, 6) is -0.439. The van der Waals surface area contributed by atoms with E-state index in [0.717, 1.165) is 48.3 Å². The molecule has 6 heteroatoms. The van der Waals surface area contributed by atoms with Crippen molar-refractivity contribution in [2.24, 2.45) is 10.8 Å². The third kappa shape index (κ3) is 4.23. The Hall–Kier alpha value is -2.76. The van der Waals surface area contributed by atoms with Gasteiger partial charge in [-0.25, -0.2) is 0 Å². The maximum atomic E-state index is 13.7. The highest BCUT2D eigenvalue weighted by molar-refractivity contribution is 5.86. The number of rotatable bonds is 4. The zero-order valence-electron chi connectivity index (χ0n) is 19.9. The first kappa shape index (κ1) is 23.0. The zero-order valence-corrected chi connectivity index (χ0v) is 19.9. The number of carbonyl (C=O) groups excluding carboxylic acids is 1. The van der Waals surface area contributed by atoms with Crippen LogP contribution < -0.4 is 0 Å². The third-order valence-electron chi connectivity index (χ3n) is 7.73. The predicted octanol–water partition coefficient (Wildman–Crippen LogP) is 7.14. The number of hydrogen-bond acceptors (Lipinski definition) is 1. The Morgan fingerprint density at radius 2 is 1.88 bits per heavy atom. The summed E-state index contributed by atoms with van der Waals surface area (Å²) in [6.07, 6.45) is 0.613. The SMILES string of the molecule is CC1(C)CC2CC(C)(CN2C(=O)CC(c2cccc(C(F)(F)F)c2)c2c[nH]c3ccccc23)C1. The molecule has 2 heterocycles. The smallest absolute Gasteiger partial charge is 0.361 e. The van der Waals surface area contributed by atoms with Gasteiger partial charge >= 0.3 is 6.18 Å². The molecule has 2 aromatic carbocycles. The first-order valence-electron chi connectivity index (χ1n) is 12.0. The number of nitrogens with zero attached hydrogens (tertiary/aromatic N) is 1. The van der Waals surface area contributed by atoms with E-state index in [0.29, 0.717) is 5.56 Å². The molecule has 2 bridgehead atoms. The number of benzene rings is 2. The van der Waals surface area contributed by atoms with Crippen LogP contribution in [-0.4, -0.2) is 28.4 Å².